The lowest BCUT2D eigenvalue weighted by Crippen LogP contribution is -2.15. The van der Waals surface area contributed by atoms with Crippen molar-refractivity contribution in [3.63, 3.8) is 0 Å². The summed E-state index contributed by atoms with van der Waals surface area (Å²) >= 11 is 3.62. The molecule has 78 valence electrons. The molecule has 1 nitrogen and oxygen atoms in total. The highest BCUT2D eigenvalue weighted by atomic mass is 79.9. The van der Waals surface area contributed by atoms with E-state index in [1.807, 2.05) is 0 Å². The van der Waals surface area contributed by atoms with Gasteiger partial charge in [0.05, 0.1) is 0 Å². The molecule has 1 aliphatic carbocycles. The lowest BCUT2D eigenvalue weighted by Gasteiger charge is -2.20. The van der Waals surface area contributed by atoms with Gasteiger partial charge in [-0.05, 0) is 25.2 Å². The standard InChI is InChI=1S/C11H21BrO/c1-2-13-8-7-11(9-12)10-5-3-4-6-10/h10-11H,2-9H2,1H3. The minimum atomic E-state index is 0.856. The molecule has 0 radical (unpaired) electrons. The van der Waals surface area contributed by atoms with E-state index in [1.165, 1.54) is 32.1 Å². The number of rotatable bonds is 6. The minimum absolute atomic E-state index is 0.856. The summed E-state index contributed by atoms with van der Waals surface area (Å²) in [6.45, 7) is 3.88. The fraction of sp³-hybridized carbons (Fsp3) is 1.00. The van der Waals surface area contributed by atoms with Crippen LogP contribution in [-0.2, 0) is 4.74 Å². The van der Waals surface area contributed by atoms with E-state index in [4.69, 9.17) is 4.74 Å². The Balaban J connectivity index is 2.16. The van der Waals surface area contributed by atoms with Crippen molar-refractivity contribution in [2.24, 2.45) is 11.8 Å². The van der Waals surface area contributed by atoms with Gasteiger partial charge in [-0.2, -0.15) is 0 Å². The van der Waals surface area contributed by atoms with Crippen LogP contribution in [0.4, 0.5) is 0 Å². The van der Waals surface area contributed by atoms with Crippen LogP contribution < -0.4 is 0 Å². The zero-order chi connectivity index (χ0) is 9.52. The molecule has 0 bridgehead atoms. The molecule has 0 aromatic rings. The number of hydrogen-bond acceptors (Lipinski definition) is 1. The highest BCUT2D eigenvalue weighted by molar-refractivity contribution is 9.09. The maximum atomic E-state index is 5.40. The number of hydrogen-bond donors (Lipinski definition) is 0. The van der Waals surface area contributed by atoms with Crippen LogP contribution in [0.2, 0.25) is 0 Å². The monoisotopic (exact) mass is 248 g/mol. The van der Waals surface area contributed by atoms with Gasteiger partial charge in [0.1, 0.15) is 0 Å². The molecule has 0 aliphatic heterocycles. The predicted octanol–water partition coefficient (Wildman–Crippen LogP) is 3.61. The second kappa shape index (κ2) is 6.83. The van der Waals surface area contributed by atoms with E-state index in [1.54, 1.807) is 0 Å². The Morgan fingerprint density at radius 3 is 2.62 bits per heavy atom. The molecule has 1 atom stereocenters. The molecule has 1 fully saturated rings. The molecule has 0 saturated heterocycles. The van der Waals surface area contributed by atoms with E-state index < -0.39 is 0 Å². The second-order valence-corrected chi connectivity index (χ2v) is 4.59. The van der Waals surface area contributed by atoms with Crippen LogP contribution in [0.3, 0.4) is 0 Å². The highest BCUT2D eigenvalue weighted by Crippen LogP contribution is 2.33. The molecule has 1 unspecified atom stereocenters. The number of alkyl halides is 1. The summed E-state index contributed by atoms with van der Waals surface area (Å²) < 4.78 is 5.40. The molecule has 0 amide bonds. The Labute approximate surface area is 90.4 Å². The van der Waals surface area contributed by atoms with Gasteiger partial charge in [-0.25, -0.2) is 0 Å². The quantitative estimate of drug-likeness (QED) is 0.516. The SMILES string of the molecule is CCOCCC(CBr)C1CCCC1. The maximum Gasteiger partial charge on any atom is 0.0468 e. The van der Waals surface area contributed by atoms with E-state index in [0.29, 0.717) is 0 Å². The smallest absolute Gasteiger partial charge is 0.0468 e. The molecule has 13 heavy (non-hydrogen) atoms. The molecule has 1 aliphatic rings. The van der Waals surface area contributed by atoms with Crippen LogP contribution in [0, 0.1) is 11.8 Å². The van der Waals surface area contributed by atoms with Gasteiger partial charge in [0.15, 0.2) is 0 Å². The van der Waals surface area contributed by atoms with Crippen molar-refractivity contribution >= 4 is 15.9 Å². The largest absolute Gasteiger partial charge is 0.382 e. The van der Waals surface area contributed by atoms with Gasteiger partial charge in [-0.1, -0.05) is 41.6 Å². The van der Waals surface area contributed by atoms with Crippen LogP contribution in [0.1, 0.15) is 39.0 Å². The molecule has 0 N–H and O–H groups in total. The fourth-order valence-corrected chi connectivity index (χ4v) is 3.10. The Kier molecular flexibility index (Phi) is 6.05. The molecular formula is C11H21BrO. The lowest BCUT2D eigenvalue weighted by molar-refractivity contribution is 0.126. The highest BCUT2D eigenvalue weighted by Gasteiger charge is 2.23. The van der Waals surface area contributed by atoms with E-state index in [2.05, 4.69) is 22.9 Å². The van der Waals surface area contributed by atoms with E-state index >= 15 is 0 Å². The van der Waals surface area contributed by atoms with Crippen molar-refractivity contribution in [1.29, 1.82) is 0 Å². The third-order valence-corrected chi connectivity index (χ3v) is 3.93. The summed E-state index contributed by atoms with van der Waals surface area (Å²) in [5.74, 6) is 1.83. The molecule has 0 spiro atoms. The van der Waals surface area contributed by atoms with Gasteiger partial charge in [-0.3, -0.25) is 0 Å². The Morgan fingerprint density at radius 1 is 1.38 bits per heavy atom. The van der Waals surface area contributed by atoms with Crippen molar-refractivity contribution in [3.05, 3.63) is 0 Å². The summed E-state index contributed by atoms with van der Waals surface area (Å²) in [6.07, 6.45) is 7.03. The normalized spacial score (nSPS) is 20.8. The molecule has 0 aromatic carbocycles. The summed E-state index contributed by atoms with van der Waals surface area (Å²) in [5.41, 5.74) is 0. The Hall–Kier alpha value is 0.440. The Morgan fingerprint density at radius 2 is 2.08 bits per heavy atom. The minimum Gasteiger partial charge on any atom is -0.382 e. The third kappa shape index (κ3) is 3.99. The van der Waals surface area contributed by atoms with Gasteiger partial charge in [0, 0.05) is 18.5 Å². The van der Waals surface area contributed by atoms with Crippen LogP contribution >= 0.6 is 15.9 Å². The first-order valence-corrected chi connectivity index (χ1v) is 6.64. The second-order valence-electron chi connectivity index (χ2n) is 3.94. The zero-order valence-electron chi connectivity index (χ0n) is 8.60. The predicted molar refractivity (Wildman–Crippen MR) is 60.4 cm³/mol. The first-order chi connectivity index (χ1) is 6.38. The summed E-state index contributed by atoms with van der Waals surface area (Å²) in [5, 5.41) is 1.16. The van der Waals surface area contributed by atoms with Crippen molar-refractivity contribution < 1.29 is 4.74 Å². The van der Waals surface area contributed by atoms with E-state index in [0.717, 1.165) is 30.4 Å². The molecule has 2 heteroatoms. The van der Waals surface area contributed by atoms with E-state index in [-0.39, 0.29) is 0 Å². The van der Waals surface area contributed by atoms with E-state index in [9.17, 15) is 0 Å². The van der Waals surface area contributed by atoms with Gasteiger partial charge < -0.3 is 4.74 Å². The maximum absolute atomic E-state index is 5.40. The van der Waals surface area contributed by atoms with Gasteiger partial charge in [0.25, 0.3) is 0 Å². The van der Waals surface area contributed by atoms with Crippen LogP contribution in [0.25, 0.3) is 0 Å². The third-order valence-electron chi connectivity index (χ3n) is 3.10. The van der Waals surface area contributed by atoms with Crippen molar-refractivity contribution in [3.8, 4) is 0 Å². The molecule has 0 heterocycles. The van der Waals surface area contributed by atoms with Crippen LogP contribution in [0.15, 0.2) is 0 Å². The summed E-state index contributed by atoms with van der Waals surface area (Å²) in [4.78, 5) is 0. The average Bonchev–Trinajstić information content (AvgIpc) is 2.65. The molecule has 0 aromatic heterocycles. The van der Waals surface area contributed by atoms with Crippen molar-refractivity contribution in [1.82, 2.24) is 0 Å². The summed E-state index contributed by atoms with van der Waals surface area (Å²) in [6, 6.07) is 0. The topological polar surface area (TPSA) is 9.23 Å². The molecular weight excluding hydrogens is 228 g/mol. The average molecular weight is 249 g/mol. The number of halogens is 1. The van der Waals surface area contributed by atoms with Gasteiger partial charge in [0.2, 0.25) is 0 Å². The van der Waals surface area contributed by atoms with Crippen LogP contribution in [0.5, 0.6) is 0 Å². The molecule has 1 rings (SSSR count). The molecule has 1 saturated carbocycles. The van der Waals surface area contributed by atoms with Crippen LogP contribution in [-0.4, -0.2) is 18.5 Å². The zero-order valence-corrected chi connectivity index (χ0v) is 10.2. The lowest BCUT2D eigenvalue weighted by atomic mass is 9.90. The summed E-state index contributed by atoms with van der Waals surface area (Å²) in [7, 11) is 0. The van der Waals surface area contributed by atoms with Crippen molar-refractivity contribution in [2.45, 2.75) is 39.0 Å². The van der Waals surface area contributed by atoms with Gasteiger partial charge in [-0.15, -0.1) is 0 Å². The fourth-order valence-electron chi connectivity index (χ4n) is 2.25. The first-order valence-electron chi connectivity index (χ1n) is 5.52. The van der Waals surface area contributed by atoms with Crippen molar-refractivity contribution in [2.75, 3.05) is 18.5 Å². The first kappa shape index (κ1) is 11.5. The van der Waals surface area contributed by atoms with Gasteiger partial charge >= 0.3 is 0 Å². The number of ether oxygens (including phenoxy) is 1. The Bertz CT molecular complexity index is 121.